The minimum Gasteiger partial charge on any atom is -0.456 e. The summed E-state index contributed by atoms with van der Waals surface area (Å²) in [5, 5.41) is 11.3. The molecular weight excluding hydrogens is 529 g/mol. The van der Waals surface area contributed by atoms with Gasteiger partial charge in [-0.1, -0.05) is 44.7 Å². The second-order valence-electron chi connectivity index (χ2n) is 7.60. The maximum Gasteiger partial charge on any atom is 0.416 e. The van der Waals surface area contributed by atoms with Crippen molar-refractivity contribution in [1.82, 2.24) is 4.72 Å². The number of ether oxygens (including phenoxy) is 1. The van der Waals surface area contributed by atoms with E-state index in [-0.39, 0.29) is 30.1 Å². The van der Waals surface area contributed by atoms with Crippen LogP contribution in [-0.2, 0) is 27.1 Å². The Labute approximate surface area is 210 Å². The average molecular weight is 553 g/mol. The summed E-state index contributed by atoms with van der Waals surface area (Å²) in [6.45, 7) is 3.34. The fourth-order valence-corrected chi connectivity index (χ4v) is 4.12. The van der Waals surface area contributed by atoms with Crippen molar-refractivity contribution in [2.75, 3.05) is 6.61 Å². The van der Waals surface area contributed by atoms with E-state index in [0.717, 1.165) is 37.5 Å². The zero-order valence-electron chi connectivity index (χ0n) is 19.4. The highest BCUT2D eigenvalue weighted by Crippen LogP contribution is 2.38. The lowest BCUT2D eigenvalue weighted by molar-refractivity contribution is -0.385. The van der Waals surface area contributed by atoms with Crippen LogP contribution in [0, 0.1) is 10.1 Å². The first kappa shape index (κ1) is 29.3. The van der Waals surface area contributed by atoms with Crippen molar-refractivity contribution in [3.05, 3.63) is 62.2 Å². The topological polar surface area (TPSA) is 125 Å². The molecule has 0 saturated carbocycles. The number of carbonyl (C=O) groups excluding carboxylic acids is 1. The third-order valence-corrected chi connectivity index (χ3v) is 6.12. The maximum atomic E-state index is 12.9. The van der Waals surface area contributed by atoms with Crippen molar-refractivity contribution in [2.45, 2.75) is 52.1 Å². The van der Waals surface area contributed by atoms with E-state index >= 15 is 0 Å². The molecule has 198 valence electrons. The third kappa shape index (κ3) is 8.07. The van der Waals surface area contributed by atoms with Gasteiger partial charge >= 0.3 is 16.5 Å². The van der Waals surface area contributed by atoms with Crippen molar-refractivity contribution in [3.8, 4) is 11.5 Å². The summed E-state index contributed by atoms with van der Waals surface area (Å²) in [6.07, 6.45) is -1.65. The van der Waals surface area contributed by atoms with Gasteiger partial charge in [-0.05, 0) is 37.1 Å². The predicted molar refractivity (Wildman–Crippen MR) is 125 cm³/mol. The number of hydrogen-bond acceptors (Lipinski definition) is 7. The van der Waals surface area contributed by atoms with Gasteiger partial charge in [0, 0.05) is 11.6 Å². The number of nitrogens with zero attached hydrogens (tertiary/aromatic N) is 1. The fourth-order valence-electron chi connectivity index (χ4n) is 3.16. The molecule has 0 spiro atoms. The number of benzene rings is 2. The third-order valence-electron chi connectivity index (χ3n) is 4.91. The number of halogens is 4. The van der Waals surface area contributed by atoms with Crippen LogP contribution in [0.5, 0.6) is 11.5 Å². The summed E-state index contributed by atoms with van der Waals surface area (Å²) in [5.41, 5.74) is -2.30. The molecule has 0 aliphatic heterocycles. The van der Waals surface area contributed by atoms with Gasteiger partial charge in [0.2, 0.25) is 0 Å². The van der Waals surface area contributed by atoms with Crippen LogP contribution in [0.1, 0.15) is 61.0 Å². The van der Waals surface area contributed by atoms with Gasteiger partial charge in [0.1, 0.15) is 17.1 Å². The minimum atomic E-state index is -4.64. The fraction of sp³-hybridized carbons (Fsp3) is 0.409. The van der Waals surface area contributed by atoms with Crippen LogP contribution in [0.4, 0.5) is 18.9 Å². The number of nitrogens with one attached hydrogen (secondary N) is 1. The first-order chi connectivity index (χ1) is 16.8. The smallest absolute Gasteiger partial charge is 0.416 e. The molecule has 0 saturated heterocycles. The van der Waals surface area contributed by atoms with Gasteiger partial charge in [-0.15, -0.1) is 0 Å². The van der Waals surface area contributed by atoms with Gasteiger partial charge in [0.15, 0.2) is 0 Å². The molecule has 0 bridgehead atoms. The molecule has 0 atom stereocenters. The highest BCUT2D eigenvalue weighted by Gasteiger charge is 2.32. The molecule has 0 aliphatic carbocycles. The predicted octanol–water partition coefficient (Wildman–Crippen LogP) is 6.19. The largest absolute Gasteiger partial charge is 0.456 e. The molecule has 0 heterocycles. The number of unbranched alkanes of at least 4 members (excludes halogenated alkanes) is 3. The first-order valence-electron chi connectivity index (χ1n) is 10.9. The van der Waals surface area contributed by atoms with Crippen molar-refractivity contribution >= 4 is 33.5 Å². The van der Waals surface area contributed by atoms with E-state index in [2.05, 4.69) is 0 Å². The number of amides is 1. The molecule has 0 unspecified atom stereocenters. The number of hydrogen-bond donors (Lipinski definition) is 1. The zero-order valence-corrected chi connectivity index (χ0v) is 20.9. The van der Waals surface area contributed by atoms with Crippen molar-refractivity contribution < 1.29 is 40.2 Å². The van der Waals surface area contributed by atoms with Crippen LogP contribution in [0.2, 0.25) is 5.02 Å². The van der Waals surface area contributed by atoms with E-state index in [4.69, 9.17) is 20.5 Å². The van der Waals surface area contributed by atoms with Crippen LogP contribution in [0.25, 0.3) is 0 Å². The summed E-state index contributed by atoms with van der Waals surface area (Å²) in [4.78, 5) is 23.6. The summed E-state index contributed by atoms with van der Waals surface area (Å²) in [5.74, 6) is -1.73. The molecule has 2 rings (SSSR count). The van der Waals surface area contributed by atoms with E-state index in [0.29, 0.717) is 12.5 Å². The van der Waals surface area contributed by atoms with Gasteiger partial charge in [0.25, 0.3) is 11.6 Å². The normalized spacial score (nSPS) is 11.8. The molecule has 1 amide bonds. The standard InChI is InChI=1S/C22H24ClF3N2O7S/c1-3-5-6-7-10-34-36(32,33)27-21(29)17-13-16(11-14(4-2)20(17)28(30)31)35-19-9-8-15(12-18(19)23)22(24,25)26/h8-9,11-13H,3-7,10H2,1-2H3,(H,27,29). The molecule has 0 radical (unpaired) electrons. The van der Waals surface area contributed by atoms with Gasteiger partial charge in [-0.3, -0.25) is 19.1 Å². The van der Waals surface area contributed by atoms with Crippen LogP contribution in [-0.4, -0.2) is 25.9 Å². The number of alkyl halides is 3. The molecule has 0 aliphatic rings. The Hall–Kier alpha value is -2.90. The summed E-state index contributed by atoms with van der Waals surface area (Å²) in [6, 6.07) is 4.43. The Bertz CT molecular complexity index is 1220. The van der Waals surface area contributed by atoms with E-state index in [1.54, 1.807) is 11.6 Å². The van der Waals surface area contributed by atoms with E-state index in [9.17, 15) is 36.5 Å². The van der Waals surface area contributed by atoms with Crippen molar-refractivity contribution in [3.63, 3.8) is 0 Å². The Balaban J connectivity index is 2.37. The summed E-state index contributed by atoms with van der Waals surface area (Å²) in [7, 11) is -4.57. The molecule has 14 heteroatoms. The van der Waals surface area contributed by atoms with E-state index in [1.165, 1.54) is 6.07 Å². The number of aryl methyl sites for hydroxylation is 1. The minimum absolute atomic E-state index is 0.0172. The second-order valence-corrected chi connectivity index (χ2v) is 9.36. The Morgan fingerprint density at radius 3 is 2.39 bits per heavy atom. The first-order valence-corrected chi connectivity index (χ1v) is 12.6. The SMILES string of the molecule is CCCCCCOS(=O)(=O)NC(=O)c1cc(Oc2ccc(C(F)(F)F)cc2Cl)cc(CC)c1[N+](=O)[O-]. The molecule has 9 nitrogen and oxygen atoms in total. The summed E-state index contributed by atoms with van der Waals surface area (Å²) < 4.78 is 74.8. The Morgan fingerprint density at radius 1 is 1.14 bits per heavy atom. The van der Waals surface area contributed by atoms with Gasteiger partial charge < -0.3 is 4.74 Å². The van der Waals surface area contributed by atoms with Crippen LogP contribution >= 0.6 is 11.6 Å². The van der Waals surface area contributed by atoms with Crippen LogP contribution in [0.15, 0.2) is 30.3 Å². The molecule has 2 aromatic rings. The van der Waals surface area contributed by atoms with Gasteiger partial charge in [-0.2, -0.15) is 21.6 Å². The second kappa shape index (κ2) is 12.4. The van der Waals surface area contributed by atoms with Gasteiger partial charge in [-0.25, -0.2) is 4.72 Å². The molecule has 0 aromatic heterocycles. The molecule has 1 N–H and O–H groups in total. The van der Waals surface area contributed by atoms with E-state index in [1.807, 2.05) is 6.92 Å². The highest BCUT2D eigenvalue weighted by atomic mass is 35.5. The lowest BCUT2D eigenvalue weighted by atomic mass is 10.0. The van der Waals surface area contributed by atoms with E-state index < -0.39 is 49.1 Å². The zero-order chi connectivity index (χ0) is 27.1. The van der Waals surface area contributed by atoms with Crippen LogP contribution < -0.4 is 9.46 Å². The lowest BCUT2D eigenvalue weighted by Crippen LogP contribution is -2.33. The number of nitro benzene ring substituents is 1. The number of rotatable bonds is 12. The number of nitro groups is 1. The molecule has 36 heavy (non-hydrogen) atoms. The van der Waals surface area contributed by atoms with Crippen LogP contribution in [0.3, 0.4) is 0 Å². The Morgan fingerprint density at radius 2 is 1.83 bits per heavy atom. The van der Waals surface area contributed by atoms with Crippen molar-refractivity contribution in [2.24, 2.45) is 0 Å². The van der Waals surface area contributed by atoms with Crippen molar-refractivity contribution in [1.29, 1.82) is 0 Å². The quantitative estimate of drug-likeness (QED) is 0.189. The molecular formula is C22H24ClF3N2O7S. The Kier molecular flexibility index (Phi) is 10.1. The average Bonchev–Trinajstić information content (AvgIpc) is 2.78. The number of carbonyl (C=O) groups is 1. The molecule has 2 aromatic carbocycles. The highest BCUT2D eigenvalue weighted by molar-refractivity contribution is 7.85. The monoisotopic (exact) mass is 552 g/mol. The molecule has 0 fully saturated rings. The van der Waals surface area contributed by atoms with Gasteiger partial charge in [0.05, 0.1) is 22.1 Å². The lowest BCUT2D eigenvalue weighted by Gasteiger charge is -2.14. The maximum absolute atomic E-state index is 12.9. The summed E-state index contributed by atoms with van der Waals surface area (Å²) >= 11 is 5.90.